The van der Waals surface area contributed by atoms with Crippen LogP contribution in [0.1, 0.15) is 48.5 Å². The summed E-state index contributed by atoms with van der Waals surface area (Å²) in [4.78, 5) is 71.7. The maximum Gasteiger partial charge on any atom is 0.408 e. The molecule has 14 nitrogen and oxygen atoms in total. The van der Waals surface area contributed by atoms with E-state index in [2.05, 4.69) is 5.32 Å². The zero-order valence-corrected chi connectivity index (χ0v) is 23.4. The molecular weight excluding hydrogens is 530 g/mol. The van der Waals surface area contributed by atoms with E-state index in [-0.39, 0.29) is 5.75 Å². The van der Waals surface area contributed by atoms with Crippen LogP contribution in [-0.2, 0) is 57.1 Å². The monoisotopic (exact) mass is 565 g/mol. The lowest BCUT2D eigenvalue weighted by molar-refractivity contribution is -0.237. The molecule has 0 aromatic carbocycles. The van der Waals surface area contributed by atoms with Crippen LogP contribution < -0.4 is 5.32 Å². The third-order valence-electron chi connectivity index (χ3n) is 4.55. The summed E-state index contributed by atoms with van der Waals surface area (Å²) in [6.07, 6.45) is -6.02. The van der Waals surface area contributed by atoms with Gasteiger partial charge in [-0.05, 0) is 20.8 Å². The van der Waals surface area contributed by atoms with Crippen LogP contribution in [-0.4, -0.2) is 96.9 Å². The summed E-state index contributed by atoms with van der Waals surface area (Å²) in [5, 5.41) is 2.41. The van der Waals surface area contributed by atoms with Gasteiger partial charge in [0, 0.05) is 33.4 Å². The van der Waals surface area contributed by atoms with Crippen molar-refractivity contribution in [1.82, 2.24) is 5.32 Å². The second-order valence-corrected chi connectivity index (χ2v) is 10.3. The SMILES string of the molecule is COC(=O)[C@H](CS[C@H]1O[C@H](COC(C)=O)[C@H](OC(C)=O)[C@H](OC(C)=O)[C@H]1OC(C)=O)NC(=O)OC(C)(C)C. The van der Waals surface area contributed by atoms with Gasteiger partial charge in [-0.15, -0.1) is 11.8 Å². The summed E-state index contributed by atoms with van der Waals surface area (Å²) in [6, 6.07) is -1.22. The minimum absolute atomic E-state index is 0.167. The van der Waals surface area contributed by atoms with Gasteiger partial charge in [0.05, 0.1) is 7.11 Å². The number of thioether (sulfide) groups is 1. The first-order valence-electron chi connectivity index (χ1n) is 11.5. The molecule has 1 fully saturated rings. The quantitative estimate of drug-likeness (QED) is 0.291. The zero-order valence-electron chi connectivity index (χ0n) is 22.6. The van der Waals surface area contributed by atoms with Crippen molar-refractivity contribution in [2.75, 3.05) is 19.5 Å². The average Bonchev–Trinajstić information content (AvgIpc) is 2.75. The van der Waals surface area contributed by atoms with Crippen molar-refractivity contribution in [1.29, 1.82) is 0 Å². The van der Waals surface area contributed by atoms with Crippen LogP contribution in [0.3, 0.4) is 0 Å². The van der Waals surface area contributed by atoms with E-state index < -0.39 is 84.0 Å². The molecule has 1 rings (SSSR count). The van der Waals surface area contributed by atoms with Crippen LogP contribution in [0.25, 0.3) is 0 Å². The van der Waals surface area contributed by atoms with E-state index in [1.54, 1.807) is 20.8 Å². The molecule has 0 spiro atoms. The van der Waals surface area contributed by atoms with Gasteiger partial charge < -0.3 is 38.5 Å². The van der Waals surface area contributed by atoms with Crippen LogP contribution in [0.4, 0.5) is 4.79 Å². The van der Waals surface area contributed by atoms with Crippen molar-refractivity contribution in [3.05, 3.63) is 0 Å². The second kappa shape index (κ2) is 14.8. The molecule has 1 N–H and O–H groups in total. The van der Waals surface area contributed by atoms with Crippen molar-refractivity contribution < 1.29 is 61.9 Å². The minimum atomic E-state index is -1.36. The number of ether oxygens (including phenoxy) is 7. The molecule has 0 bridgehead atoms. The standard InChI is InChI=1S/C23H35NO13S/c1-11(25)32-9-16-17(33-12(2)26)18(34-13(3)27)19(35-14(4)28)21(36-16)38-10-15(20(29)31-8)24-22(30)37-23(5,6)7/h15-19,21H,9-10H2,1-8H3,(H,24,30)/t15-,16+,17-,18-,19+,21+/m0/s1. The van der Waals surface area contributed by atoms with Crippen molar-refractivity contribution in [2.24, 2.45) is 0 Å². The first-order chi connectivity index (χ1) is 17.5. The van der Waals surface area contributed by atoms with E-state index in [1.807, 2.05) is 0 Å². The summed E-state index contributed by atoms with van der Waals surface area (Å²) >= 11 is 0.906. The Morgan fingerprint density at radius 3 is 1.84 bits per heavy atom. The van der Waals surface area contributed by atoms with Gasteiger partial charge in [0.2, 0.25) is 0 Å². The van der Waals surface area contributed by atoms with Gasteiger partial charge in [-0.3, -0.25) is 19.2 Å². The lowest BCUT2D eigenvalue weighted by atomic mass is 9.99. The normalized spacial score (nSPS) is 23.7. The Balaban J connectivity index is 3.31. The maximum absolute atomic E-state index is 12.4. The van der Waals surface area contributed by atoms with Crippen LogP contribution in [0.5, 0.6) is 0 Å². The van der Waals surface area contributed by atoms with Crippen LogP contribution in [0, 0.1) is 0 Å². The van der Waals surface area contributed by atoms with Gasteiger partial charge in [-0.25, -0.2) is 9.59 Å². The Morgan fingerprint density at radius 1 is 0.842 bits per heavy atom. The van der Waals surface area contributed by atoms with Gasteiger partial charge in [0.15, 0.2) is 18.3 Å². The van der Waals surface area contributed by atoms with E-state index in [0.717, 1.165) is 46.6 Å². The summed E-state index contributed by atoms with van der Waals surface area (Å²) in [5.74, 6) is -3.92. The van der Waals surface area contributed by atoms with Gasteiger partial charge in [-0.2, -0.15) is 0 Å². The van der Waals surface area contributed by atoms with Gasteiger partial charge in [-0.1, -0.05) is 0 Å². The maximum atomic E-state index is 12.4. The summed E-state index contributed by atoms with van der Waals surface area (Å²) in [5.41, 5.74) is -1.97. The predicted molar refractivity (Wildman–Crippen MR) is 130 cm³/mol. The highest BCUT2D eigenvalue weighted by Gasteiger charge is 2.52. The molecular formula is C23H35NO13S. The lowest BCUT2D eigenvalue weighted by Gasteiger charge is -2.44. The minimum Gasteiger partial charge on any atom is -0.467 e. The Labute approximate surface area is 224 Å². The smallest absolute Gasteiger partial charge is 0.408 e. The third-order valence-corrected chi connectivity index (χ3v) is 5.79. The van der Waals surface area contributed by atoms with Gasteiger partial charge in [0.1, 0.15) is 29.8 Å². The number of nitrogens with one attached hydrogen (secondary N) is 1. The molecule has 1 aliphatic heterocycles. The van der Waals surface area contributed by atoms with Crippen LogP contribution >= 0.6 is 11.8 Å². The Bertz CT molecular complexity index is 887. The number of hydrogen-bond acceptors (Lipinski definition) is 14. The number of hydrogen-bond donors (Lipinski definition) is 1. The predicted octanol–water partition coefficient (Wildman–Crippen LogP) is 0.869. The zero-order chi connectivity index (χ0) is 29.2. The molecule has 1 heterocycles. The Hall–Kier alpha value is -3.07. The van der Waals surface area contributed by atoms with Gasteiger partial charge >= 0.3 is 35.9 Å². The summed E-state index contributed by atoms with van der Waals surface area (Å²) in [6.45, 7) is 9.02. The molecule has 1 saturated heterocycles. The van der Waals surface area contributed by atoms with E-state index in [1.165, 1.54) is 0 Å². The number of carbonyl (C=O) groups is 6. The molecule has 0 unspecified atom stereocenters. The largest absolute Gasteiger partial charge is 0.467 e. The molecule has 1 aliphatic rings. The van der Waals surface area contributed by atoms with Crippen molar-refractivity contribution in [2.45, 2.75) is 90.0 Å². The van der Waals surface area contributed by atoms with Gasteiger partial charge in [0.25, 0.3) is 0 Å². The summed E-state index contributed by atoms with van der Waals surface area (Å²) < 4.78 is 37.0. The topological polar surface area (TPSA) is 179 Å². The fourth-order valence-electron chi connectivity index (χ4n) is 3.27. The molecule has 0 radical (unpaired) electrons. The summed E-state index contributed by atoms with van der Waals surface area (Å²) in [7, 11) is 1.13. The molecule has 216 valence electrons. The molecule has 0 saturated carbocycles. The molecule has 15 heteroatoms. The first-order valence-corrected chi connectivity index (χ1v) is 12.6. The molecule has 38 heavy (non-hydrogen) atoms. The number of carbonyl (C=O) groups excluding carboxylic acids is 6. The fourth-order valence-corrected chi connectivity index (χ4v) is 4.50. The van der Waals surface area contributed by atoms with Crippen LogP contribution in [0.15, 0.2) is 0 Å². The highest BCUT2D eigenvalue weighted by Crippen LogP contribution is 2.34. The number of esters is 5. The fraction of sp³-hybridized carbons (Fsp3) is 0.739. The number of alkyl carbamates (subject to hydrolysis) is 1. The van der Waals surface area contributed by atoms with Crippen LogP contribution in [0.2, 0.25) is 0 Å². The molecule has 6 atom stereocenters. The second-order valence-electron chi connectivity index (χ2n) is 9.12. The van der Waals surface area contributed by atoms with Crippen molar-refractivity contribution >= 4 is 47.7 Å². The lowest BCUT2D eigenvalue weighted by Crippen LogP contribution is -2.61. The molecule has 0 aromatic rings. The van der Waals surface area contributed by atoms with Crippen molar-refractivity contribution in [3.63, 3.8) is 0 Å². The highest BCUT2D eigenvalue weighted by molar-refractivity contribution is 7.99. The number of amides is 1. The highest BCUT2D eigenvalue weighted by atomic mass is 32.2. The van der Waals surface area contributed by atoms with E-state index in [0.29, 0.717) is 0 Å². The molecule has 0 aromatic heterocycles. The van der Waals surface area contributed by atoms with E-state index >= 15 is 0 Å². The van der Waals surface area contributed by atoms with E-state index in [4.69, 9.17) is 33.2 Å². The average molecular weight is 566 g/mol. The van der Waals surface area contributed by atoms with E-state index in [9.17, 15) is 28.8 Å². The van der Waals surface area contributed by atoms with Crippen molar-refractivity contribution in [3.8, 4) is 0 Å². The Kier molecular flexibility index (Phi) is 12.8. The molecule has 0 aliphatic carbocycles. The number of methoxy groups -OCH3 is 1. The molecule has 1 amide bonds. The number of rotatable bonds is 10. The third kappa shape index (κ3) is 11.5. The first kappa shape index (κ1) is 33.0. The Morgan fingerprint density at radius 2 is 1.37 bits per heavy atom.